The molecule has 4 heteroatoms. The van der Waals surface area contributed by atoms with Crippen molar-refractivity contribution in [3.8, 4) is 6.07 Å². The van der Waals surface area contributed by atoms with Crippen LogP contribution in [-0.2, 0) is 11.3 Å². The molecule has 1 aliphatic rings. The van der Waals surface area contributed by atoms with Crippen molar-refractivity contribution >= 4 is 10.9 Å². The van der Waals surface area contributed by atoms with E-state index < -0.39 is 0 Å². The second kappa shape index (κ2) is 6.08. The first kappa shape index (κ1) is 13.2. The molecule has 1 aliphatic heterocycles. The number of rotatable bonds is 5. The quantitative estimate of drug-likeness (QED) is 0.847. The smallest absolute Gasteiger partial charge is 0.0992 e. The van der Waals surface area contributed by atoms with E-state index in [0.29, 0.717) is 11.7 Å². The summed E-state index contributed by atoms with van der Waals surface area (Å²) < 4.78 is 7.78. The van der Waals surface area contributed by atoms with E-state index in [1.54, 1.807) is 0 Å². The van der Waals surface area contributed by atoms with Gasteiger partial charge >= 0.3 is 0 Å². The van der Waals surface area contributed by atoms with Crippen LogP contribution in [0, 0.1) is 11.3 Å². The Balaban J connectivity index is 1.58. The molecular weight excluding hydrogens is 250 g/mol. The molecule has 3 rings (SSSR count). The van der Waals surface area contributed by atoms with E-state index in [-0.39, 0.29) is 0 Å². The molecule has 1 saturated heterocycles. The van der Waals surface area contributed by atoms with Gasteiger partial charge in [0.05, 0.1) is 17.7 Å². The lowest BCUT2D eigenvalue weighted by atomic mass is 10.2. The predicted octanol–water partition coefficient (Wildman–Crippen LogP) is 2.28. The first-order chi connectivity index (χ1) is 9.86. The Bertz CT molecular complexity index is 620. The number of hydrogen-bond donors (Lipinski definition) is 1. The molecule has 0 aliphatic carbocycles. The molecule has 1 aromatic heterocycles. The lowest BCUT2D eigenvalue weighted by Crippen LogP contribution is -2.28. The van der Waals surface area contributed by atoms with Crippen LogP contribution in [0.15, 0.2) is 30.5 Å². The van der Waals surface area contributed by atoms with Crippen LogP contribution in [0.25, 0.3) is 10.9 Å². The van der Waals surface area contributed by atoms with Crippen molar-refractivity contribution < 1.29 is 4.74 Å². The number of ether oxygens (including phenoxy) is 1. The summed E-state index contributed by atoms with van der Waals surface area (Å²) in [5.74, 6) is 0. The average molecular weight is 269 g/mol. The average Bonchev–Trinajstić information content (AvgIpc) is 3.13. The SMILES string of the molecule is N#Cc1ccc2ccn(CCNCC3CCCO3)c2c1. The molecule has 2 heterocycles. The van der Waals surface area contributed by atoms with E-state index in [2.05, 4.69) is 28.2 Å². The third-order valence-electron chi connectivity index (χ3n) is 3.83. The Morgan fingerprint density at radius 3 is 3.15 bits per heavy atom. The second-order valence-corrected chi connectivity index (χ2v) is 5.23. The molecule has 0 spiro atoms. The van der Waals surface area contributed by atoms with Gasteiger partial charge in [-0.1, -0.05) is 6.07 Å². The molecule has 0 amide bonds. The molecule has 4 nitrogen and oxygen atoms in total. The number of hydrogen-bond acceptors (Lipinski definition) is 3. The van der Waals surface area contributed by atoms with Crippen LogP contribution in [0.3, 0.4) is 0 Å². The highest BCUT2D eigenvalue weighted by atomic mass is 16.5. The molecule has 104 valence electrons. The summed E-state index contributed by atoms with van der Waals surface area (Å²) in [4.78, 5) is 0. The number of nitrogens with zero attached hydrogens (tertiary/aromatic N) is 2. The molecule has 1 atom stereocenters. The molecular formula is C16H19N3O. The van der Waals surface area contributed by atoms with Crippen LogP contribution in [0.5, 0.6) is 0 Å². The highest BCUT2D eigenvalue weighted by Gasteiger charge is 2.14. The van der Waals surface area contributed by atoms with E-state index in [0.717, 1.165) is 31.8 Å². The Morgan fingerprint density at radius 2 is 2.35 bits per heavy atom. The number of nitriles is 1. The van der Waals surface area contributed by atoms with E-state index in [9.17, 15) is 0 Å². The standard InChI is InChI=1S/C16H19N3O/c17-11-13-3-4-14-5-7-19(16(14)10-13)8-6-18-12-15-2-1-9-20-15/h3-5,7,10,15,18H,1-2,6,8-9,12H2. The third-order valence-corrected chi connectivity index (χ3v) is 3.83. The summed E-state index contributed by atoms with van der Waals surface area (Å²) in [5.41, 5.74) is 1.84. The van der Waals surface area contributed by atoms with Crippen molar-refractivity contribution in [3.05, 3.63) is 36.0 Å². The summed E-state index contributed by atoms with van der Waals surface area (Å²) >= 11 is 0. The minimum Gasteiger partial charge on any atom is -0.377 e. The van der Waals surface area contributed by atoms with Gasteiger partial charge in [-0.25, -0.2) is 0 Å². The molecule has 1 unspecified atom stereocenters. The molecule has 1 N–H and O–H groups in total. The summed E-state index contributed by atoms with van der Waals surface area (Å²) in [6.07, 6.45) is 4.83. The Hall–Kier alpha value is -1.83. The van der Waals surface area contributed by atoms with Gasteiger partial charge in [0.2, 0.25) is 0 Å². The Morgan fingerprint density at radius 1 is 1.40 bits per heavy atom. The molecule has 1 aromatic carbocycles. The highest BCUT2D eigenvalue weighted by Crippen LogP contribution is 2.17. The zero-order valence-corrected chi connectivity index (χ0v) is 11.5. The number of fused-ring (bicyclic) bond motifs is 1. The minimum atomic E-state index is 0.390. The van der Waals surface area contributed by atoms with Gasteiger partial charge in [0.1, 0.15) is 0 Å². The maximum absolute atomic E-state index is 8.98. The maximum Gasteiger partial charge on any atom is 0.0992 e. The Labute approximate surface area is 119 Å². The van der Waals surface area contributed by atoms with Crippen molar-refractivity contribution in [1.82, 2.24) is 9.88 Å². The molecule has 2 aromatic rings. The van der Waals surface area contributed by atoms with Crippen molar-refractivity contribution in [1.29, 1.82) is 5.26 Å². The molecule has 1 fully saturated rings. The Kier molecular flexibility index (Phi) is 4.00. The minimum absolute atomic E-state index is 0.390. The highest BCUT2D eigenvalue weighted by molar-refractivity contribution is 5.81. The maximum atomic E-state index is 8.98. The van der Waals surface area contributed by atoms with E-state index >= 15 is 0 Å². The monoisotopic (exact) mass is 269 g/mol. The fourth-order valence-corrected chi connectivity index (χ4v) is 2.72. The van der Waals surface area contributed by atoms with Gasteiger partial charge in [0.15, 0.2) is 0 Å². The first-order valence-corrected chi connectivity index (χ1v) is 7.18. The van der Waals surface area contributed by atoms with E-state index in [4.69, 9.17) is 10.00 Å². The fourth-order valence-electron chi connectivity index (χ4n) is 2.72. The fraction of sp³-hybridized carbons (Fsp3) is 0.438. The van der Waals surface area contributed by atoms with E-state index in [1.807, 2.05) is 18.2 Å². The van der Waals surface area contributed by atoms with Crippen LogP contribution < -0.4 is 5.32 Å². The van der Waals surface area contributed by atoms with Gasteiger partial charge in [-0.15, -0.1) is 0 Å². The van der Waals surface area contributed by atoms with Crippen LogP contribution in [0.2, 0.25) is 0 Å². The van der Waals surface area contributed by atoms with Gasteiger partial charge in [-0.05, 0) is 36.4 Å². The van der Waals surface area contributed by atoms with Crippen LogP contribution in [0.1, 0.15) is 18.4 Å². The van der Waals surface area contributed by atoms with Crippen molar-refractivity contribution in [2.75, 3.05) is 19.7 Å². The lowest BCUT2D eigenvalue weighted by molar-refractivity contribution is 0.110. The van der Waals surface area contributed by atoms with Gasteiger partial charge in [-0.2, -0.15) is 5.26 Å². The van der Waals surface area contributed by atoms with Gasteiger partial charge in [0, 0.05) is 38.0 Å². The largest absolute Gasteiger partial charge is 0.377 e. The molecule has 20 heavy (non-hydrogen) atoms. The predicted molar refractivity (Wildman–Crippen MR) is 78.5 cm³/mol. The normalized spacial score (nSPS) is 18.4. The molecule has 0 bridgehead atoms. The molecule has 0 radical (unpaired) electrons. The zero-order valence-electron chi connectivity index (χ0n) is 11.5. The summed E-state index contributed by atoms with van der Waals surface area (Å²) in [6, 6.07) is 10.1. The van der Waals surface area contributed by atoms with E-state index in [1.165, 1.54) is 18.2 Å². The molecule has 0 saturated carbocycles. The second-order valence-electron chi connectivity index (χ2n) is 5.23. The third kappa shape index (κ3) is 2.84. The van der Waals surface area contributed by atoms with Crippen molar-refractivity contribution in [3.63, 3.8) is 0 Å². The van der Waals surface area contributed by atoms with Crippen molar-refractivity contribution in [2.24, 2.45) is 0 Å². The van der Waals surface area contributed by atoms with Crippen LogP contribution >= 0.6 is 0 Å². The van der Waals surface area contributed by atoms with Crippen LogP contribution in [0.4, 0.5) is 0 Å². The first-order valence-electron chi connectivity index (χ1n) is 7.18. The summed E-state index contributed by atoms with van der Waals surface area (Å²) in [6.45, 7) is 3.67. The van der Waals surface area contributed by atoms with Crippen LogP contribution in [-0.4, -0.2) is 30.4 Å². The van der Waals surface area contributed by atoms with Gasteiger partial charge in [-0.3, -0.25) is 0 Å². The topological polar surface area (TPSA) is 50.0 Å². The number of aromatic nitrogens is 1. The zero-order chi connectivity index (χ0) is 13.8. The number of nitrogens with one attached hydrogen (secondary N) is 1. The number of benzene rings is 1. The summed E-state index contributed by atoms with van der Waals surface area (Å²) in [5, 5.41) is 13.6. The van der Waals surface area contributed by atoms with Crippen molar-refractivity contribution in [2.45, 2.75) is 25.5 Å². The van der Waals surface area contributed by atoms with Gasteiger partial charge < -0.3 is 14.6 Å². The summed E-state index contributed by atoms with van der Waals surface area (Å²) in [7, 11) is 0. The van der Waals surface area contributed by atoms with Gasteiger partial charge in [0.25, 0.3) is 0 Å². The lowest BCUT2D eigenvalue weighted by Gasteiger charge is -2.11.